The van der Waals surface area contributed by atoms with E-state index in [4.69, 9.17) is 19.6 Å². The molecule has 0 saturated carbocycles. The van der Waals surface area contributed by atoms with Gasteiger partial charge >= 0.3 is 0 Å². The Hall–Kier alpha value is -0.940. The summed E-state index contributed by atoms with van der Waals surface area (Å²) in [4.78, 5) is 22.2. The first-order valence-electron chi connectivity index (χ1n) is 9.83. The van der Waals surface area contributed by atoms with Gasteiger partial charge in [-0.05, 0) is 65.5 Å². The molecule has 150 valence electrons. The maximum absolute atomic E-state index is 5.57. The van der Waals surface area contributed by atoms with E-state index in [2.05, 4.69) is 38.1 Å². The minimum atomic E-state index is -0.255. The van der Waals surface area contributed by atoms with E-state index in [0.29, 0.717) is 0 Å². The van der Waals surface area contributed by atoms with E-state index in [1.165, 1.54) is 11.1 Å². The first-order valence-corrected chi connectivity index (χ1v) is 9.83. The third-order valence-corrected chi connectivity index (χ3v) is 4.62. The summed E-state index contributed by atoms with van der Waals surface area (Å²) in [5.74, 6) is 0. The van der Waals surface area contributed by atoms with Crippen molar-refractivity contribution in [3.63, 3.8) is 0 Å². The fourth-order valence-corrected chi connectivity index (χ4v) is 2.16. The molecule has 26 heavy (non-hydrogen) atoms. The number of benzene rings is 1. The Morgan fingerprint density at radius 2 is 1.15 bits per heavy atom. The van der Waals surface area contributed by atoms with Gasteiger partial charge in [-0.25, -0.2) is 19.6 Å². The van der Waals surface area contributed by atoms with Crippen LogP contribution < -0.4 is 0 Å². The predicted octanol–water partition coefficient (Wildman–Crippen LogP) is 5.82. The second-order valence-electron chi connectivity index (χ2n) is 8.44. The molecule has 0 radical (unpaired) electrons. The van der Waals surface area contributed by atoms with Crippen molar-refractivity contribution >= 4 is 0 Å². The van der Waals surface area contributed by atoms with E-state index in [1.54, 1.807) is 0 Å². The van der Waals surface area contributed by atoms with Gasteiger partial charge < -0.3 is 0 Å². The lowest BCUT2D eigenvalue weighted by Gasteiger charge is -2.24. The molecule has 1 rings (SSSR count). The van der Waals surface area contributed by atoms with Crippen molar-refractivity contribution < 1.29 is 19.6 Å². The summed E-state index contributed by atoms with van der Waals surface area (Å²) < 4.78 is 0. The van der Waals surface area contributed by atoms with Crippen molar-refractivity contribution in [2.75, 3.05) is 0 Å². The first-order chi connectivity index (χ1) is 12.1. The minimum absolute atomic E-state index is 0.00145. The van der Waals surface area contributed by atoms with Crippen LogP contribution in [0.3, 0.4) is 0 Å². The zero-order valence-corrected chi connectivity index (χ0v) is 17.9. The summed E-state index contributed by atoms with van der Waals surface area (Å²) >= 11 is 0. The maximum atomic E-state index is 5.57. The van der Waals surface area contributed by atoms with Gasteiger partial charge in [-0.1, -0.05) is 38.1 Å². The quantitative estimate of drug-likeness (QED) is 0.345. The van der Waals surface area contributed by atoms with E-state index in [9.17, 15) is 0 Å². The third-order valence-electron chi connectivity index (χ3n) is 4.62. The molecule has 0 amide bonds. The first kappa shape index (κ1) is 23.1. The molecule has 4 nitrogen and oxygen atoms in total. The normalized spacial score (nSPS) is 15.1. The van der Waals surface area contributed by atoms with E-state index in [1.807, 2.05) is 41.5 Å². The number of hydrogen-bond donors (Lipinski definition) is 0. The van der Waals surface area contributed by atoms with Crippen molar-refractivity contribution in [1.82, 2.24) is 0 Å². The molecule has 0 aliphatic rings. The molecule has 0 aliphatic carbocycles. The van der Waals surface area contributed by atoms with Crippen LogP contribution in [0.2, 0.25) is 0 Å². The summed E-state index contributed by atoms with van der Waals surface area (Å²) in [6.45, 7) is 16.4. The second kappa shape index (κ2) is 10.4. The van der Waals surface area contributed by atoms with Crippen molar-refractivity contribution in [3.8, 4) is 0 Å². The van der Waals surface area contributed by atoms with Crippen LogP contribution in [-0.4, -0.2) is 23.4 Å². The molecule has 1 aromatic rings. The van der Waals surface area contributed by atoms with Gasteiger partial charge in [-0.3, -0.25) is 0 Å². The molecule has 0 aliphatic heterocycles. The smallest absolute Gasteiger partial charge is 0.0977 e. The van der Waals surface area contributed by atoms with Gasteiger partial charge in [-0.15, -0.1) is 0 Å². The molecule has 0 bridgehead atoms. The van der Waals surface area contributed by atoms with Crippen LogP contribution in [0.15, 0.2) is 24.3 Å². The molecule has 0 heterocycles. The monoisotopic (exact) mass is 366 g/mol. The average molecular weight is 367 g/mol. The Bertz CT molecular complexity index is 481. The van der Waals surface area contributed by atoms with Crippen LogP contribution in [0.1, 0.15) is 79.4 Å². The maximum Gasteiger partial charge on any atom is 0.0977 e. The molecular weight excluding hydrogens is 328 g/mol. The molecule has 1 aromatic carbocycles. The van der Waals surface area contributed by atoms with Crippen LogP contribution in [0.4, 0.5) is 0 Å². The molecule has 0 saturated heterocycles. The van der Waals surface area contributed by atoms with Crippen LogP contribution in [0, 0.1) is 0 Å². The number of rotatable bonds is 12. The van der Waals surface area contributed by atoms with Crippen LogP contribution >= 0.6 is 0 Å². The Morgan fingerprint density at radius 1 is 0.769 bits per heavy atom. The zero-order valence-electron chi connectivity index (χ0n) is 17.9. The zero-order chi connectivity index (χ0) is 19.8. The predicted molar refractivity (Wildman–Crippen MR) is 106 cm³/mol. The highest BCUT2D eigenvalue weighted by molar-refractivity contribution is 5.24. The van der Waals surface area contributed by atoms with Crippen LogP contribution in [0.25, 0.3) is 0 Å². The van der Waals surface area contributed by atoms with Gasteiger partial charge in [0.25, 0.3) is 0 Å². The average Bonchev–Trinajstić information content (AvgIpc) is 2.59. The van der Waals surface area contributed by atoms with Crippen LogP contribution in [0.5, 0.6) is 0 Å². The van der Waals surface area contributed by atoms with Gasteiger partial charge in [-0.2, -0.15) is 0 Å². The van der Waals surface area contributed by atoms with Crippen molar-refractivity contribution in [2.24, 2.45) is 0 Å². The lowest BCUT2D eigenvalue weighted by atomic mass is 10.0. The van der Waals surface area contributed by atoms with Gasteiger partial charge in [0.2, 0.25) is 0 Å². The molecule has 2 unspecified atom stereocenters. The molecule has 0 fully saturated rings. The topological polar surface area (TPSA) is 36.9 Å². The Labute approximate surface area is 160 Å². The van der Waals surface area contributed by atoms with E-state index in [0.717, 1.165) is 25.7 Å². The highest BCUT2D eigenvalue weighted by Gasteiger charge is 2.20. The third kappa shape index (κ3) is 9.13. The lowest BCUT2D eigenvalue weighted by Crippen LogP contribution is -2.27. The van der Waals surface area contributed by atoms with Gasteiger partial charge in [0.05, 0.1) is 23.4 Å². The second-order valence-corrected chi connectivity index (χ2v) is 8.44. The van der Waals surface area contributed by atoms with E-state index >= 15 is 0 Å². The Balaban J connectivity index is 2.51. The summed E-state index contributed by atoms with van der Waals surface area (Å²) in [7, 11) is 0. The van der Waals surface area contributed by atoms with Crippen LogP contribution in [-0.2, 0) is 32.4 Å². The van der Waals surface area contributed by atoms with E-state index < -0.39 is 0 Å². The highest BCUT2D eigenvalue weighted by Crippen LogP contribution is 2.19. The summed E-state index contributed by atoms with van der Waals surface area (Å²) in [5, 5.41) is 0. The van der Waals surface area contributed by atoms with Crippen molar-refractivity contribution in [3.05, 3.63) is 35.4 Å². The standard InChI is InChI=1S/C22H38O4/c1-9-21(5,6)25-23-17(3)14-19-12-11-13-20(16-19)15-18(4)24-26-22(7,8)10-2/h11-13,16-18H,9-10,14-15H2,1-8H3. The summed E-state index contributed by atoms with van der Waals surface area (Å²) in [6, 6.07) is 8.53. The highest BCUT2D eigenvalue weighted by atomic mass is 17.2. The summed E-state index contributed by atoms with van der Waals surface area (Å²) in [5.41, 5.74) is 1.95. The Kier molecular flexibility index (Phi) is 9.25. The SMILES string of the molecule is CCC(C)(C)OOC(C)Cc1cccc(CC(C)OOC(C)(C)CC)c1. The molecular formula is C22H38O4. The molecule has 0 aromatic heterocycles. The molecule has 0 spiro atoms. The van der Waals surface area contributed by atoms with Crippen molar-refractivity contribution in [2.45, 2.75) is 104 Å². The minimum Gasteiger partial charge on any atom is -0.233 e. The van der Waals surface area contributed by atoms with Gasteiger partial charge in [0.1, 0.15) is 0 Å². The molecule has 0 N–H and O–H groups in total. The van der Waals surface area contributed by atoms with Gasteiger partial charge in [0.15, 0.2) is 0 Å². The molecule has 4 heteroatoms. The molecule has 2 atom stereocenters. The van der Waals surface area contributed by atoms with Gasteiger partial charge in [0, 0.05) is 12.8 Å². The fraction of sp³-hybridized carbons (Fsp3) is 0.727. The lowest BCUT2D eigenvalue weighted by molar-refractivity contribution is -0.374. The largest absolute Gasteiger partial charge is 0.233 e. The number of hydrogen-bond acceptors (Lipinski definition) is 4. The fourth-order valence-electron chi connectivity index (χ4n) is 2.16. The summed E-state index contributed by atoms with van der Waals surface area (Å²) in [6.07, 6.45) is 3.43. The van der Waals surface area contributed by atoms with E-state index in [-0.39, 0.29) is 23.4 Å². The Morgan fingerprint density at radius 3 is 1.50 bits per heavy atom. The van der Waals surface area contributed by atoms with Crippen molar-refractivity contribution in [1.29, 1.82) is 0 Å².